The van der Waals surface area contributed by atoms with E-state index in [1.807, 2.05) is 37.3 Å². The number of benzene rings is 2. The molecule has 26 heavy (non-hydrogen) atoms. The van der Waals surface area contributed by atoms with Crippen LogP contribution < -0.4 is 10.6 Å². The van der Waals surface area contributed by atoms with E-state index in [1.165, 1.54) is 23.1 Å². The summed E-state index contributed by atoms with van der Waals surface area (Å²) in [6, 6.07) is 16.5. The van der Waals surface area contributed by atoms with E-state index in [4.69, 9.17) is 0 Å². The number of nitrogens with zero attached hydrogens (tertiary/aromatic N) is 2. The molecule has 1 aromatic heterocycles. The third-order valence-corrected chi connectivity index (χ3v) is 5.30. The van der Waals surface area contributed by atoms with Crippen molar-refractivity contribution in [1.29, 1.82) is 0 Å². The zero-order chi connectivity index (χ0) is 18.4. The quantitative estimate of drug-likeness (QED) is 0.498. The van der Waals surface area contributed by atoms with Gasteiger partial charge in [0.25, 0.3) is 5.91 Å². The summed E-state index contributed by atoms with van der Waals surface area (Å²) >= 11 is 2.51. The van der Waals surface area contributed by atoms with Crippen molar-refractivity contribution in [2.75, 3.05) is 16.4 Å². The second-order valence-electron chi connectivity index (χ2n) is 5.40. The fourth-order valence-electron chi connectivity index (χ4n) is 2.04. The number of rotatable bonds is 6. The highest BCUT2D eigenvalue weighted by molar-refractivity contribution is 8.01. The highest BCUT2D eigenvalue weighted by Crippen LogP contribution is 2.26. The molecule has 3 rings (SSSR count). The van der Waals surface area contributed by atoms with E-state index in [2.05, 4.69) is 20.8 Å². The van der Waals surface area contributed by atoms with Crippen LogP contribution in [0.2, 0.25) is 0 Å². The van der Waals surface area contributed by atoms with Gasteiger partial charge < -0.3 is 5.32 Å². The predicted octanol–water partition coefficient (Wildman–Crippen LogP) is 3.83. The SMILES string of the molecule is Cc1ccc(NC(=O)CSc2nnc(NC(=O)c3ccccc3)s2)cc1. The maximum absolute atomic E-state index is 12.1. The zero-order valence-electron chi connectivity index (χ0n) is 13.9. The predicted molar refractivity (Wildman–Crippen MR) is 105 cm³/mol. The Morgan fingerprint density at radius 2 is 1.73 bits per heavy atom. The topological polar surface area (TPSA) is 84.0 Å². The van der Waals surface area contributed by atoms with Gasteiger partial charge in [-0.2, -0.15) is 0 Å². The van der Waals surface area contributed by atoms with Crippen molar-refractivity contribution in [3.8, 4) is 0 Å². The third kappa shape index (κ3) is 5.14. The Hall–Kier alpha value is -2.71. The molecule has 2 amide bonds. The van der Waals surface area contributed by atoms with Crippen molar-refractivity contribution in [2.24, 2.45) is 0 Å². The van der Waals surface area contributed by atoms with Crippen LogP contribution in [0.3, 0.4) is 0 Å². The minimum absolute atomic E-state index is 0.121. The molecule has 0 aliphatic heterocycles. The van der Waals surface area contributed by atoms with Crippen molar-refractivity contribution >= 4 is 45.7 Å². The van der Waals surface area contributed by atoms with Crippen molar-refractivity contribution in [3.05, 3.63) is 65.7 Å². The first-order valence-corrected chi connectivity index (χ1v) is 9.59. The summed E-state index contributed by atoms with van der Waals surface area (Å²) in [4.78, 5) is 24.1. The van der Waals surface area contributed by atoms with Crippen LogP contribution in [-0.4, -0.2) is 27.8 Å². The van der Waals surface area contributed by atoms with Crippen molar-refractivity contribution < 1.29 is 9.59 Å². The Morgan fingerprint density at radius 1 is 1.00 bits per heavy atom. The van der Waals surface area contributed by atoms with Crippen molar-refractivity contribution in [1.82, 2.24) is 10.2 Å². The van der Waals surface area contributed by atoms with Gasteiger partial charge in [-0.3, -0.25) is 14.9 Å². The molecule has 0 unspecified atom stereocenters. The summed E-state index contributed by atoms with van der Waals surface area (Å²) in [7, 11) is 0. The number of carbonyl (C=O) groups excluding carboxylic acids is 2. The average molecular weight is 384 g/mol. The zero-order valence-corrected chi connectivity index (χ0v) is 15.6. The summed E-state index contributed by atoms with van der Waals surface area (Å²) in [6.45, 7) is 1.99. The lowest BCUT2D eigenvalue weighted by Gasteiger charge is -2.04. The minimum atomic E-state index is -0.240. The molecule has 0 saturated heterocycles. The number of amides is 2. The van der Waals surface area contributed by atoms with E-state index in [0.717, 1.165) is 11.3 Å². The first kappa shape index (κ1) is 18.1. The summed E-state index contributed by atoms with van der Waals surface area (Å²) < 4.78 is 0.618. The molecule has 0 spiro atoms. The minimum Gasteiger partial charge on any atom is -0.325 e. The standard InChI is InChI=1S/C18H16N4O2S2/c1-12-7-9-14(10-8-12)19-15(23)11-25-18-22-21-17(26-18)20-16(24)13-5-3-2-4-6-13/h2-10H,11H2,1H3,(H,19,23)(H,20,21,24). The van der Waals surface area contributed by atoms with E-state index < -0.39 is 0 Å². The molecule has 3 aromatic rings. The van der Waals surface area contributed by atoms with Crippen LogP contribution in [0.15, 0.2) is 58.9 Å². The smallest absolute Gasteiger partial charge is 0.257 e. The van der Waals surface area contributed by atoms with E-state index in [9.17, 15) is 9.59 Å². The Kier molecular flexibility index (Phi) is 5.98. The summed E-state index contributed by atoms with van der Waals surface area (Å²) in [5.41, 5.74) is 2.44. The van der Waals surface area contributed by atoms with Gasteiger partial charge in [0, 0.05) is 11.3 Å². The third-order valence-electron chi connectivity index (χ3n) is 3.32. The van der Waals surface area contributed by atoms with Gasteiger partial charge in [-0.05, 0) is 31.2 Å². The van der Waals surface area contributed by atoms with Crippen LogP contribution >= 0.6 is 23.1 Å². The first-order chi connectivity index (χ1) is 12.6. The van der Waals surface area contributed by atoms with Crippen LogP contribution in [0.4, 0.5) is 10.8 Å². The molecule has 1 heterocycles. The number of aryl methyl sites for hydroxylation is 1. The lowest BCUT2D eigenvalue weighted by Crippen LogP contribution is -2.13. The Balaban J connectivity index is 1.49. The van der Waals surface area contributed by atoms with Crippen LogP contribution in [0.1, 0.15) is 15.9 Å². The number of anilines is 2. The van der Waals surface area contributed by atoms with Gasteiger partial charge in [-0.25, -0.2) is 0 Å². The summed E-state index contributed by atoms with van der Waals surface area (Å²) in [5, 5.41) is 13.9. The van der Waals surface area contributed by atoms with E-state index in [0.29, 0.717) is 15.0 Å². The molecule has 2 aromatic carbocycles. The van der Waals surface area contributed by atoms with Crippen molar-refractivity contribution in [3.63, 3.8) is 0 Å². The lowest BCUT2D eigenvalue weighted by molar-refractivity contribution is -0.113. The fraction of sp³-hybridized carbons (Fsp3) is 0.111. The number of hydrogen-bond acceptors (Lipinski definition) is 6. The molecule has 0 atom stereocenters. The summed E-state index contributed by atoms with van der Waals surface area (Å²) in [6.07, 6.45) is 0. The van der Waals surface area contributed by atoms with E-state index in [-0.39, 0.29) is 17.6 Å². The van der Waals surface area contributed by atoms with Crippen LogP contribution in [0.25, 0.3) is 0 Å². The Morgan fingerprint density at radius 3 is 2.46 bits per heavy atom. The highest BCUT2D eigenvalue weighted by Gasteiger charge is 2.11. The second-order valence-corrected chi connectivity index (χ2v) is 7.60. The normalized spacial score (nSPS) is 10.3. The van der Waals surface area contributed by atoms with Crippen LogP contribution in [0.5, 0.6) is 0 Å². The highest BCUT2D eigenvalue weighted by atomic mass is 32.2. The largest absolute Gasteiger partial charge is 0.325 e. The van der Waals surface area contributed by atoms with Gasteiger partial charge in [0.1, 0.15) is 0 Å². The molecular weight excluding hydrogens is 368 g/mol. The fourth-order valence-corrected chi connectivity index (χ4v) is 3.59. The molecule has 0 fully saturated rings. The first-order valence-electron chi connectivity index (χ1n) is 7.79. The molecule has 0 saturated carbocycles. The number of aromatic nitrogens is 2. The molecule has 6 nitrogen and oxygen atoms in total. The number of hydrogen-bond donors (Lipinski definition) is 2. The van der Waals surface area contributed by atoms with Gasteiger partial charge in [-0.15, -0.1) is 10.2 Å². The van der Waals surface area contributed by atoms with Gasteiger partial charge in [0.05, 0.1) is 5.75 Å². The molecule has 2 N–H and O–H groups in total. The van der Waals surface area contributed by atoms with Crippen LogP contribution in [-0.2, 0) is 4.79 Å². The molecule has 0 radical (unpaired) electrons. The molecule has 0 bridgehead atoms. The monoisotopic (exact) mass is 384 g/mol. The number of thioether (sulfide) groups is 1. The van der Waals surface area contributed by atoms with E-state index >= 15 is 0 Å². The van der Waals surface area contributed by atoms with Gasteiger partial charge in [0.15, 0.2) is 4.34 Å². The average Bonchev–Trinajstić information content (AvgIpc) is 3.10. The van der Waals surface area contributed by atoms with E-state index in [1.54, 1.807) is 24.3 Å². The molecular formula is C18H16N4O2S2. The Bertz CT molecular complexity index is 895. The molecule has 0 aliphatic rings. The maximum atomic E-state index is 12.1. The van der Waals surface area contributed by atoms with Crippen LogP contribution in [0, 0.1) is 6.92 Å². The van der Waals surface area contributed by atoms with Gasteiger partial charge in [-0.1, -0.05) is 59.0 Å². The summed E-state index contributed by atoms with van der Waals surface area (Å²) in [5.74, 6) is -0.144. The molecule has 132 valence electrons. The lowest BCUT2D eigenvalue weighted by atomic mass is 10.2. The Labute approximate surface area is 159 Å². The number of carbonyl (C=O) groups is 2. The van der Waals surface area contributed by atoms with Gasteiger partial charge >= 0.3 is 0 Å². The van der Waals surface area contributed by atoms with Crippen molar-refractivity contribution in [2.45, 2.75) is 11.3 Å². The molecule has 0 aliphatic carbocycles. The second kappa shape index (κ2) is 8.59. The maximum Gasteiger partial charge on any atom is 0.257 e. The molecule has 8 heteroatoms. The van der Waals surface area contributed by atoms with Gasteiger partial charge in [0.2, 0.25) is 11.0 Å². The number of nitrogens with one attached hydrogen (secondary N) is 2.